The highest BCUT2D eigenvalue weighted by molar-refractivity contribution is 5.81. The fourth-order valence-corrected chi connectivity index (χ4v) is 7.24. The van der Waals surface area contributed by atoms with Crippen LogP contribution in [-0.2, 0) is 10.8 Å². The topological polar surface area (TPSA) is 0 Å². The molecule has 0 heteroatoms. The van der Waals surface area contributed by atoms with E-state index in [2.05, 4.69) is 118 Å². The summed E-state index contributed by atoms with van der Waals surface area (Å²) in [6.07, 6.45) is 6.28. The fraction of sp³-hybridized carbons (Fsp3) is 0.515. The van der Waals surface area contributed by atoms with Gasteiger partial charge in [0.05, 0.1) is 0 Å². The highest BCUT2D eigenvalue weighted by atomic mass is 14.6. The molecule has 0 N–H and O–H groups in total. The van der Waals surface area contributed by atoms with Crippen molar-refractivity contribution in [2.75, 3.05) is 0 Å². The molecule has 0 radical (unpaired) electrons. The summed E-state index contributed by atoms with van der Waals surface area (Å²) in [7, 11) is 0. The third-order valence-electron chi connectivity index (χ3n) is 8.87. The van der Waals surface area contributed by atoms with E-state index in [1.165, 1.54) is 34.2 Å². The molecule has 2 aromatic rings. The van der Waals surface area contributed by atoms with Crippen molar-refractivity contribution >= 4 is 0 Å². The lowest BCUT2D eigenvalue weighted by Crippen LogP contribution is -2.29. The second-order valence-electron chi connectivity index (χ2n) is 14.1. The van der Waals surface area contributed by atoms with E-state index in [0.717, 1.165) is 0 Å². The first kappa shape index (κ1) is 22.7. The van der Waals surface area contributed by atoms with Crippen molar-refractivity contribution in [1.82, 2.24) is 0 Å². The molecular formula is C33H42. The van der Waals surface area contributed by atoms with Crippen molar-refractivity contribution in [2.24, 2.45) is 16.7 Å². The van der Waals surface area contributed by atoms with Crippen LogP contribution in [0.4, 0.5) is 0 Å². The van der Waals surface area contributed by atoms with Gasteiger partial charge in [0.25, 0.3) is 0 Å². The predicted octanol–water partition coefficient (Wildman–Crippen LogP) is 9.33. The minimum atomic E-state index is 0.148. The standard InChI is InChI=1S/C33H42/c1-20-15-27-28(16-20)33(10,19-32(27,8)9)29-23-13-11-21(30(2,3)4)17-25(23)26-18-22(31(5,6)7)12-14-24(26)29/h11-18,28-29H,19H2,1-10H3. The lowest BCUT2D eigenvalue weighted by molar-refractivity contribution is 0.220. The van der Waals surface area contributed by atoms with Crippen LogP contribution < -0.4 is 0 Å². The molecular weight excluding hydrogens is 396 g/mol. The largest absolute Gasteiger partial charge is 0.0738 e. The maximum atomic E-state index is 2.58. The molecule has 0 aromatic heterocycles. The van der Waals surface area contributed by atoms with Gasteiger partial charge >= 0.3 is 0 Å². The summed E-state index contributed by atoms with van der Waals surface area (Å²) in [5, 5.41) is 0. The number of allylic oxidation sites excluding steroid dienone is 4. The molecule has 0 heterocycles. The lowest BCUT2D eigenvalue weighted by atomic mass is 9.65. The normalized spacial score (nSPS) is 26.1. The highest BCUT2D eigenvalue weighted by Crippen LogP contribution is 2.68. The van der Waals surface area contributed by atoms with E-state index in [4.69, 9.17) is 0 Å². The van der Waals surface area contributed by atoms with E-state index < -0.39 is 0 Å². The van der Waals surface area contributed by atoms with Gasteiger partial charge in [-0.1, -0.05) is 122 Å². The first-order valence-corrected chi connectivity index (χ1v) is 12.8. The smallest absolute Gasteiger partial charge is 0.0164 e. The average Bonchev–Trinajstić information content (AvgIpc) is 3.29. The molecule has 0 nitrogen and oxygen atoms in total. The minimum Gasteiger partial charge on any atom is -0.0738 e. The van der Waals surface area contributed by atoms with Crippen molar-refractivity contribution < 1.29 is 0 Å². The number of rotatable bonds is 1. The Balaban J connectivity index is 1.76. The summed E-state index contributed by atoms with van der Waals surface area (Å²) in [6, 6.07) is 14.8. The summed E-state index contributed by atoms with van der Waals surface area (Å²) >= 11 is 0. The van der Waals surface area contributed by atoms with Gasteiger partial charge in [0.2, 0.25) is 0 Å². The molecule has 1 fully saturated rings. The molecule has 33 heavy (non-hydrogen) atoms. The third-order valence-corrected chi connectivity index (χ3v) is 8.87. The van der Waals surface area contributed by atoms with Crippen molar-refractivity contribution in [3.63, 3.8) is 0 Å². The zero-order valence-electron chi connectivity index (χ0n) is 22.5. The first-order chi connectivity index (χ1) is 15.1. The van der Waals surface area contributed by atoms with Gasteiger partial charge in [-0.15, -0.1) is 0 Å². The molecule has 1 saturated carbocycles. The Morgan fingerprint density at radius 1 is 0.758 bits per heavy atom. The van der Waals surface area contributed by atoms with Crippen molar-refractivity contribution in [3.05, 3.63) is 82.0 Å². The monoisotopic (exact) mass is 438 g/mol. The number of fused-ring (bicyclic) bond motifs is 4. The molecule has 3 aliphatic rings. The summed E-state index contributed by atoms with van der Waals surface area (Å²) in [4.78, 5) is 0. The predicted molar refractivity (Wildman–Crippen MR) is 143 cm³/mol. The van der Waals surface area contributed by atoms with Crippen LogP contribution in [-0.4, -0.2) is 0 Å². The van der Waals surface area contributed by atoms with Crippen LogP contribution in [0.3, 0.4) is 0 Å². The second-order valence-corrected chi connectivity index (χ2v) is 14.1. The average molecular weight is 439 g/mol. The molecule has 3 aliphatic carbocycles. The van der Waals surface area contributed by atoms with E-state index in [0.29, 0.717) is 11.8 Å². The molecule has 0 amide bonds. The Hall–Kier alpha value is -2.08. The molecule has 0 bridgehead atoms. The Bertz CT molecular complexity index is 1140. The Kier molecular flexibility index (Phi) is 4.64. The van der Waals surface area contributed by atoms with Gasteiger partial charge in [-0.05, 0) is 68.4 Å². The van der Waals surface area contributed by atoms with Gasteiger partial charge in [-0.25, -0.2) is 0 Å². The summed E-state index contributed by atoms with van der Waals surface area (Å²) in [6.45, 7) is 23.8. The summed E-state index contributed by atoms with van der Waals surface area (Å²) in [5.41, 5.74) is 12.7. The van der Waals surface area contributed by atoms with Gasteiger partial charge in [-0.2, -0.15) is 0 Å². The van der Waals surface area contributed by atoms with Crippen LogP contribution in [0.1, 0.15) is 104 Å². The number of hydrogen-bond donors (Lipinski definition) is 0. The maximum Gasteiger partial charge on any atom is 0.0164 e. The Morgan fingerprint density at radius 2 is 1.24 bits per heavy atom. The molecule has 174 valence electrons. The van der Waals surface area contributed by atoms with Gasteiger partial charge in [0, 0.05) is 11.8 Å². The van der Waals surface area contributed by atoms with Crippen LogP contribution in [0.5, 0.6) is 0 Å². The highest BCUT2D eigenvalue weighted by Gasteiger charge is 2.57. The Labute approximate surface area is 202 Å². The first-order valence-electron chi connectivity index (χ1n) is 12.8. The van der Waals surface area contributed by atoms with E-state index >= 15 is 0 Å². The van der Waals surface area contributed by atoms with Gasteiger partial charge in [0.1, 0.15) is 0 Å². The molecule has 0 spiro atoms. The summed E-state index contributed by atoms with van der Waals surface area (Å²) in [5.74, 6) is 0.962. The summed E-state index contributed by atoms with van der Waals surface area (Å²) < 4.78 is 0. The van der Waals surface area contributed by atoms with Crippen molar-refractivity contribution in [3.8, 4) is 11.1 Å². The van der Waals surface area contributed by atoms with Gasteiger partial charge < -0.3 is 0 Å². The zero-order chi connectivity index (χ0) is 24.1. The third kappa shape index (κ3) is 3.31. The fourth-order valence-electron chi connectivity index (χ4n) is 7.24. The van der Waals surface area contributed by atoms with Gasteiger partial charge in [-0.3, -0.25) is 0 Å². The quantitative estimate of drug-likeness (QED) is 0.416. The van der Waals surface area contributed by atoms with Crippen LogP contribution >= 0.6 is 0 Å². The van der Waals surface area contributed by atoms with Crippen LogP contribution in [0, 0.1) is 16.7 Å². The second kappa shape index (κ2) is 6.74. The number of benzene rings is 2. The molecule has 2 aromatic carbocycles. The van der Waals surface area contributed by atoms with E-state index in [9.17, 15) is 0 Å². The molecule has 5 rings (SSSR count). The molecule has 2 atom stereocenters. The molecule has 0 saturated heterocycles. The van der Waals surface area contributed by atoms with E-state index in [-0.39, 0.29) is 21.7 Å². The van der Waals surface area contributed by atoms with Crippen molar-refractivity contribution in [2.45, 2.75) is 92.4 Å². The zero-order valence-corrected chi connectivity index (χ0v) is 22.5. The lowest BCUT2D eigenvalue weighted by Gasteiger charge is -2.38. The van der Waals surface area contributed by atoms with Crippen molar-refractivity contribution in [1.29, 1.82) is 0 Å². The van der Waals surface area contributed by atoms with Crippen LogP contribution in [0.25, 0.3) is 11.1 Å². The Morgan fingerprint density at radius 3 is 1.70 bits per heavy atom. The van der Waals surface area contributed by atoms with Gasteiger partial charge in [0.15, 0.2) is 0 Å². The molecule has 0 aliphatic heterocycles. The van der Waals surface area contributed by atoms with E-state index in [1.54, 1.807) is 16.7 Å². The number of hydrogen-bond acceptors (Lipinski definition) is 0. The van der Waals surface area contributed by atoms with E-state index in [1.807, 2.05) is 0 Å². The molecule has 2 unspecified atom stereocenters. The SMILES string of the molecule is CC1=CC2C(=C1)C(C)(C)CC2(C)C1c2ccc(C(C)(C)C)cc2-c2cc(C(C)(C)C)ccc21. The van der Waals surface area contributed by atoms with Crippen LogP contribution in [0.15, 0.2) is 59.7 Å². The maximum absolute atomic E-state index is 2.58. The van der Waals surface area contributed by atoms with Crippen LogP contribution in [0.2, 0.25) is 0 Å². The minimum absolute atomic E-state index is 0.148.